The van der Waals surface area contributed by atoms with E-state index in [4.69, 9.17) is 14.6 Å². The number of rotatable bonds is 8. The Hall–Kier alpha value is -2.71. The Labute approximate surface area is 132 Å². The summed E-state index contributed by atoms with van der Waals surface area (Å²) < 4.78 is 11.4. The largest absolute Gasteiger partial charge is 0.476 e. The van der Waals surface area contributed by atoms with Crippen molar-refractivity contribution in [2.45, 2.75) is 0 Å². The van der Waals surface area contributed by atoms with Gasteiger partial charge in [-0.05, 0) is 18.2 Å². The lowest BCUT2D eigenvalue weighted by Crippen LogP contribution is -2.20. The number of carboxylic acid groups (broad SMARTS) is 1. The third-order valence-electron chi connectivity index (χ3n) is 2.90. The molecular formula is C15H17N3O5. The number of carbonyl (C=O) groups excluding carboxylic acids is 1. The molecule has 0 spiro atoms. The molecule has 1 heterocycles. The molecule has 1 aromatic carbocycles. The fraction of sp³-hybridized carbons (Fsp3) is 0.267. The van der Waals surface area contributed by atoms with Gasteiger partial charge in [-0.25, -0.2) is 9.48 Å². The van der Waals surface area contributed by atoms with Crippen molar-refractivity contribution in [1.29, 1.82) is 0 Å². The molecular weight excluding hydrogens is 302 g/mol. The average Bonchev–Trinajstić information content (AvgIpc) is 3.02. The van der Waals surface area contributed by atoms with E-state index in [1.54, 1.807) is 31.4 Å². The second-order valence-corrected chi connectivity index (χ2v) is 4.56. The Kier molecular flexibility index (Phi) is 5.84. The van der Waals surface area contributed by atoms with Crippen LogP contribution >= 0.6 is 0 Å². The number of hydrogen-bond acceptors (Lipinski definition) is 5. The number of nitrogens with zero attached hydrogens (tertiary/aromatic N) is 2. The van der Waals surface area contributed by atoms with Crippen molar-refractivity contribution < 1.29 is 24.2 Å². The molecule has 0 saturated heterocycles. The lowest BCUT2D eigenvalue weighted by Gasteiger charge is -2.11. The number of carboxylic acids is 1. The van der Waals surface area contributed by atoms with Gasteiger partial charge in [0.05, 0.1) is 24.6 Å². The number of aromatic nitrogens is 2. The van der Waals surface area contributed by atoms with Crippen molar-refractivity contribution in [1.82, 2.24) is 9.78 Å². The first-order chi connectivity index (χ1) is 11.1. The van der Waals surface area contributed by atoms with Crippen molar-refractivity contribution in [3.05, 3.63) is 42.2 Å². The average molecular weight is 319 g/mol. The zero-order chi connectivity index (χ0) is 16.7. The zero-order valence-corrected chi connectivity index (χ0v) is 12.6. The van der Waals surface area contributed by atoms with Gasteiger partial charge in [0.25, 0.3) is 0 Å². The van der Waals surface area contributed by atoms with Gasteiger partial charge in [-0.3, -0.25) is 4.79 Å². The zero-order valence-electron chi connectivity index (χ0n) is 12.6. The number of aromatic carboxylic acids is 1. The highest BCUT2D eigenvalue weighted by molar-refractivity contribution is 5.93. The molecule has 8 heteroatoms. The summed E-state index contributed by atoms with van der Waals surface area (Å²) >= 11 is 0. The molecule has 0 unspecified atom stereocenters. The van der Waals surface area contributed by atoms with Crippen molar-refractivity contribution in [3.8, 4) is 5.69 Å². The van der Waals surface area contributed by atoms with E-state index in [9.17, 15) is 9.59 Å². The minimum atomic E-state index is -1.11. The van der Waals surface area contributed by atoms with E-state index in [2.05, 4.69) is 10.4 Å². The van der Waals surface area contributed by atoms with E-state index in [-0.39, 0.29) is 18.2 Å². The van der Waals surface area contributed by atoms with Crippen LogP contribution in [0.2, 0.25) is 0 Å². The van der Waals surface area contributed by atoms with Crippen LogP contribution in [0, 0.1) is 0 Å². The number of methoxy groups -OCH3 is 1. The molecule has 2 rings (SSSR count). The summed E-state index contributed by atoms with van der Waals surface area (Å²) in [5.41, 5.74) is 0.993. The van der Waals surface area contributed by atoms with E-state index >= 15 is 0 Å². The van der Waals surface area contributed by atoms with Gasteiger partial charge >= 0.3 is 5.97 Å². The second kappa shape index (κ2) is 8.06. The van der Waals surface area contributed by atoms with Crippen LogP contribution in [-0.4, -0.2) is 53.7 Å². The standard InChI is InChI=1S/C15H17N3O5/c1-22-8-9-23-10-14(19)16-11-4-2-3-5-13(11)18-7-6-12(17-18)15(20)21/h2-7H,8-10H2,1H3,(H,16,19)(H,20,21). The van der Waals surface area contributed by atoms with E-state index in [1.807, 2.05) is 0 Å². The minimum Gasteiger partial charge on any atom is -0.476 e. The quantitative estimate of drug-likeness (QED) is 0.708. The van der Waals surface area contributed by atoms with Crippen LogP contribution in [0.1, 0.15) is 10.5 Å². The maximum Gasteiger partial charge on any atom is 0.356 e. The molecule has 2 aromatic rings. The highest BCUT2D eigenvalue weighted by atomic mass is 16.5. The molecule has 0 bridgehead atoms. The highest BCUT2D eigenvalue weighted by Crippen LogP contribution is 2.19. The molecule has 0 aliphatic carbocycles. The first kappa shape index (κ1) is 16.7. The van der Waals surface area contributed by atoms with Crippen LogP contribution in [0.4, 0.5) is 5.69 Å². The second-order valence-electron chi connectivity index (χ2n) is 4.56. The molecule has 0 saturated carbocycles. The maximum atomic E-state index is 11.9. The summed E-state index contributed by atoms with van der Waals surface area (Å²) in [6.07, 6.45) is 1.52. The molecule has 0 radical (unpaired) electrons. The van der Waals surface area contributed by atoms with Crippen LogP contribution in [-0.2, 0) is 14.3 Å². The number of carbonyl (C=O) groups is 2. The number of nitrogens with one attached hydrogen (secondary N) is 1. The summed E-state index contributed by atoms with van der Waals surface area (Å²) in [5.74, 6) is -1.43. The van der Waals surface area contributed by atoms with Gasteiger partial charge in [-0.15, -0.1) is 0 Å². The van der Waals surface area contributed by atoms with Gasteiger partial charge in [0, 0.05) is 13.3 Å². The number of hydrogen-bond donors (Lipinski definition) is 2. The molecule has 0 atom stereocenters. The fourth-order valence-electron chi connectivity index (χ4n) is 1.84. The number of amides is 1. The first-order valence-electron chi connectivity index (χ1n) is 6.86. The van der Waals surface area contributed by atoms with Crippen LogP contribution in [0.15, 0.2) is 36.5 Å². The summed E-state index contributed by atoms with van der Waals surface area (Å²) in [4.78, 5) is 22.8. The topological polar surface area (TPSA) is 103 Å². The van der Waals surface area contributed by atoms with E-state index in [1.165, 1.54) is 16.9 Å². The summed E-state index contributed by atoms with van der Waals surface area (Å²) in [7, 11) is 1.55. The van der Waals surface area contributed by atoms with Crippen LogP contribution in [0.5, 0.6) is 0 Å². The molecule has 2 N–H and O–H groups in total. The van der Waals surface area contributed by atoms with Crippen molar-refractivity contribution in [3.63, 3.8) is 0 Å². The molecule has 8 nitrogen and oxygen atoms in total. The molecule has 0 aliphatic heterocycles. The lowest BCUT2D eigenvalue weighted by atomic mass is 10.2. The van der Waals surface area contributed by atoms with Crippen molar-refractivity contribution in [2.75, 3.05) is 32.2 Å². The fourth-order valence-corrected chi connectivity index (χ4v) is 1.84. The van der Waals surface area contributed by atoms with E-state index in [0.29, 0.717) is 24.6 Å². The molecule has 23 heavy (non-hydrogen) atoms. The third kappa shape index (κ3) is 4.63. The normalized spacial score (nSPS) is 10.5. The van der Waals surface area contributed by atoms with Crippen molar-refractivity contribution >= 4 is 17.6 Å². The van der Waals surface area contributed by atoms with E-state index in [0.717, 1.165) is 0 Å². The molecule has 0 fully saturated rings. The third-order valence-corrected chi connectivity index (χ3v) is 2.90. The van der Waals surface area contributed by atoms with Crippen LogP contribution in [0.3, 0.4) is 0 Å². The summed E-state index contributed by atoms with van der Waals surface area (Å²) in [5, 5.41) is 15.6. The Bertz CT molecular complexity index is 683. The van der Waals surface area contributed by atoms with Gasteiger partial charge in [0.1, 0.15) is 6.61 Å². The number of para-hydroxylation sites is 2. The smallest absolute Gasteiger partial charge is 0.356 e. The number of benzene rings is 1. The van der Waals surface area contributed by atoms with Crippen molar-refractivity contribution in [2.24, 2.45) is 0 Å². The summed E-state index contributed by atoms with van der Waals surface area (Å²) in [6.45, 7) is 0.638. The van der Waals surface area contributed by atoms with Gasteiger partial charge < -0.3 is 19.9 Å². The predicted molar refractivity (Wildman–Crippen MR) is 81.8 cm³/mol. The predicted octanol–water partition coefficient (Wildman–Crippen LogP) is 1.17. The number of anilines is 1. The molecule has 1 aromatic heterocycles. The minimum absolute atomic E-state index is 0.0750. The molecule has 1 amide bonds. The Morgan fingerprint density at radius 1 is 1.26 bits per heavy atom. The molecule has 122 valence electrons. The Balaban J connectivity index is 2.08. The monoisotopic (exact) mass is 319 g/mol. The number of ether oxygens (including phenoxy) is 2. The van der Waals surface area contributed by atoms with Crippen LogP contribution < -0.4 is 5.32 Å². The van der Waals surface area contributed by atoms with Gasteiger partial charge in [-0.1, -0.05) is 12.1 Å². The summed E-state index contributed by atoms with van der Waals surface area (Å²) in [6, 6.07) is 8.33. The lowest BCUT2D eigenvalue weighted by molar-refractivity contribution is -0.121. The SMILES string of the molecule is COCCOCC(=O)Nc1ccccc1-n1ccc(C(=O)O)n1. The van der Waals surface area contributed by atoms with Gasteiger partial charge in [-0.2, -0.15) is 5.10 Å². The van der Waals surface area contributed by atoms with Gasteiger partial charge in [0.2, 0.25) is 5.91 Å². The van der Waals surface area contributed by atoms with E-state index < -0.39 is 5.97 Å². The van der Waals surface area contributed by atoms with Crippen LogP contribution in [0.25, 0.3) is 5.69 Å². The van der Waals surface area contributed by atoms with Gasteiger partial charge in [0.15, 0.2) is 5.69 Å². The Morgan fingerprint density at radius 2 is 2.04 bits per heavy atom. The Morgan fingerprint density at radius 3 is 2.74 bits per heavy atom. The first-order valence-corrected chi connectivity index (χ1v) is 6.86. The highest BCUT2D eigenvalue weighted by Gasteiger charge is 2.12. The maximum absolute atomic E-state index is 11.9. The molecule has 0 aliphatic rings.